The molecule has 1 aliphatic rings. The summed E-state index contributed by atoms with van der Waals surface area (Å²) in [7, 11) is 0. The van der Waals surface area contributed by atoms with Crippen LogP contribution in [0.4, 0.5) is 4.39 Å². The van der Waals surface area contributed by atoms with E-state index in [2.05, 4.69) is 0 Å². The standard InChI is InChI=1S/C10H11FN2O5/c11-6-4-12(7-2-1-3-18-7)10(17)13(9(6)16)5-8(14)15/h4,7H,1-3,5H2,(H,14,15)/t7-/m0/s1. The molecule has 0 saturated carbocycles. The molecule has 0 radical (unpaired) electrons. The van der Waals surface area contributed by atoms with Crippen molar-refractivity contribution in [2.45, 2.75) is 25.6 Å². The van der Waals surface area contributed by atoms with Crippen LogP contribution >= 0.6 is 0 Å². The SMILES string of the molecule is O=C(O)Cn1c(=O)c(F)cn([C@@H]2CCCO2)c1=O. The third-order valence-electron chi connectivity index (χ3n) is 2.66. The van der Waals surface area contributed by atoms with Crippen molar-refractivity contribution in [2.75, 3.05) is 6.61 Å². The molecule has 2 heterocycles. The molecule has 1 saturated heterocycles. The molecule has 8 heteroatoms. The van der Waals surface area contributed by atoms with Crippen LogP contribution in [0.2, 0.25) is 0 Å². The van der Waals surface area contributed by atoms with Gasteiger partial charge in [0.05, 0.1) is 6.20 Å². The van der Waals surface area contributed by atoms with Crippen molar-refractivity contribution in [1.82, 2.24) is 9.13 Å². The predicted octanol–water partition coefficient (Wildman–Crippen LogP) is -0.457. The fraction of sp³-hybridized carbons (Fsp3) is 0.500. The number of rotatable bonds is 3. The van der Waals surface area contributed by atoms with Gasteiger partial charge in [-0.15, -0.1) is 0 Å². The van der Waals surface area contributed by atoms with Crippen LogP contribution in [0.25, 0.3) is 0 Å². The highest BCUT2D eigenvalue weighted by Crippen LogP contribution is 2.20. The molecule has 7 nitrogen and oxygen atoms in total. The molecular formula is C10H11FN2O5. The van der Waals surface area contributed by atoms with Crippen LogP contribution < -0.4 is 11.2 Å². The Morgan fingerprint density at radius 3 is 2.83 bits per heavy atom. The van der Waals surface area contributed by atoms with Gasteiger partial charge in [0.25, 0.3) is 5.56 Å². The number of aliphatic carboxylic acids is 1. The summed E-state index contributed by atoms with van der Waals surface area (Å²) in [6.07, 6.45) is 1.35. The molecule has 0 spiro atoms. The lowest BCUT2D eigenvalue weighted by molar-refractivity contribution is -0.137. The molecule has 0 amide bonds. The van der Waals surface area contributed by atoms with Crippen LogP contribution in [0.5, 0.6) is 0 Å². The molecule has 1 aromatic heterocycles. The van der Waals surface area contributed by atoms with Crippen molar-refractivity contribution in [3.05, 3.63) is 32.9 Å². The zero-order valence-electron chi connectivity index (χ0n) is 9.34. The predicted molar refractivity (Wildman–Crippen MR) is 56.8 cm³/mol. The molecule has 1 N–H and O–H groups in total. The van der Waals surface area contributed by atoms with Crippen molar-refractivity contribution < 1.29 is 19.0 Å². The fourth-order valence-corrected chi connectivity index (χ4v) is 1.85. The molecule has 18 heavy (non-hydrogen) atoms. The van der Waals surface area contributed by atoms with E-state index in [1.807, 2.05) is 0 Å². The average molecular weight is 258 g/mol. The second-order valence-electron chi connectivity index (χ2n) is 3.92. The van der Waals surface area contributed by atoms with Gasteiger partial charge in [0, 0.05) is 6.61 Å². The van der Waals surface area contributed by atoms with Crippen molar-refractivity contribution in [2.24, 2.45) is 0 Å². The summed E-state index contributed by atoms with van der Waals surface area (Å²) in [4.78, 5) is 33.8. The second-order valence-corrected chi connectivity index (χ2v) is 3.92. The molecule has 1 atom stereocenters. The molecule has 1 aromatic rings. The van der Waals surface area contributed by atoms with Gasteiger partial charge in [-0.05, 0) is 12.8 Å². The lowest BCUT2D eigenvalue weighted by Crippen LogP contribution is -2.43. The summed E-state index contributed by atoms with van der Waals surface area (Å²) < 4.78 is 19.9. The minimum Gasteiger partial charge on any atom is -0.480 e. The normalized spacial score (nSPS) is 19.1. The van der Waals surface area contributed by atoms with Gasteiger partial charge in [0.2, 0.25) is 5.82 Å². The Morgan fingerprint density at radius 1 is 1.56 bits per heavy atom. The van der Waals surface area contributed by atoms with E-state index in [0.717, 1.165) is 17.2 Å². The van der Waals surface area contributed by atoms with Crippen LogP contribution in [-0.4, -0.2) is 26.8 Å². The first kappa shape index (κ1) is 12.5. The summed E-state index contributed by atoms with van der Waals surface area (Å²) in [5.74, 6) is -2.56. The van der Waals surface area contributed by atoms with Crippen molar-refractivity contribution in [1.29, 1.82) is 0 Å². The van der Waals surface area contributed by atoms with Gasteiger partial charge in [-0.1, -0.05) is 0 Å². The Labute approximate surface area is 100 Å². The number of aromatic nitrogens is 2. The zero-order chi connectivity index (χ0) is 13.3. The monoisotopic (exact) mass is 258 g/mol. The van der Waals surface area contributed by atoms with E-state index in [1.165, 1.54) is 0 Å². The Balaban J connectivity index is 2.55. The van der Waals surface area contributed by atoms with Crippen molar-refractivity contribution >= 4 is 5.97 Å². The van der Waals surface area contributed by atoms with Gasteiger partial charge in [-0.3, -0.25) is 14.2 Å². The fourth-order valence-electron chi connectivity index (χ4n) is 1.85. The molecule has 0 aromatic carbocycles. The number of carboxylic acids is 1. The lowest BCUT2D eigenvalue weighted by Gasteiger charge is -2.14. The minimum atomic E-state index is -1.39. The lowest BCUT2D eigenvalue weighted by atomic mass is 10.3. The zero-order valence-corrected chi connectivity index (χ0v) is 9.34. The van der Waals surface area contributed by atoms with Gasteiger partial charge in [-0.2, -0.15) is 4.39 Å². The molecule has 0 bridgehead atoms. The van der Waals surface area contributed by atoms with Crippen molar-refractivity contribution in [3.8, 4) is 0 Å². The topological polar surface area (TPSA) is 90.5 Å². The van der Waals surface area contributed by atoms with Gasteiger partial charge in [0.1, 0.15) is 12.8 Å². The van der Waals surface area contributed by atoms with E-state index in [0.29, 0.717) is 17.6 Å². The Morgan fingerprint density at radius 2 is 2.28 bits per heavy atom. The number of hydrogen-bond donors (Lipinski definition) is 1. The van der Waals surface area contributed by atoms with Crippen LogP contribution in [0, 0.1) is 5.82 Å². The molecule has 1 fully saturated rings. The number of nitrogens with zero attached hydrogens (tertiary/aromatic N) is 2. The molecule has 0 aliphatic carbocycles. The number of hydrogen-bond acceptors (Lipinski definition) is 4. The summed E-state index contributed by atoms with van der Waals surface area (Å²) in [5.41, 5.74) is -2.12. The average Bonchev–Trinajstić information content (AvgIpc) is 2.82. The summed E-state index contributed by atoms with van der Waals surface area (Å²) in [5, 5.41) is 8.60. The Kier molecular flexibility index (Phi) is 3.28. The molecule has 1 aliphatic heterocycles. The summed E-state index contributed by atoms with van der Waals surface area (Å²) in [6, 6.07) is 0. The van der Waals surface area contributed by atoms with E-state index < -0.39 is 35.8 Å². The van der Waals surface area contributed by atoms with Crippen LogP contribution in [0.15, 0.2) is 15.8 Å². The van der Waals surface area contributed by atoms with Crippen molar-refractivity contribution in [3.63, 3.8) is 0 Å². The third kappa shape index (κ3) is 2.19. The number of ether oxygens (including phenoxy) is 1. The quantitative estimate of drug-likeness (QED) is 0.792. The second kappa shape index (κ2) is 4.73. The Hall–Kier alpha value is -1.96. The third-order valence-corrected chi connectivity index (χ3v) is 2.66. The van der Waals surface area contributed by atoms with E-state index in [1.54, 1.807) is 0 Å². The maximum atomic E-state index is 13.4. The smallest absolute Gasteiger partial charge is 0.333 e. The summed E-state index contributed by atoms with van der Waals surface area (Å²) in [6.45, 7) is -0.432. The van der Waals surface area contributed by atoms with Gasteiger partial charge < -0.3 is 9.84 Å². The highest BCUT2D eigenvalue weighted by atomic mass is 19.1. The highest BCUT2D eigenvalue weighted by molar-refractivity contribution is 5.66. The molecular weight excluding hydrogens is 247 g/mol. The van der Waals surface area contributed by atoms with E-state index >= 15 is 0 Å². The molecule has 98 valence electrons. The number of carbonyl (C=O) groups is 1. The number of halogens is 1. The van der Waals surface area contributed by atoms with Crippen LogP contribution in [0.1, 0.15) is 19.1 Å². The summed E-state index contributed by atoms with van der Waals surface area (Å²) >= 11 is 0. The number of carboxylic acid groups (broad SMARTS) is 1. The van der Waals surface area contributed by atoms with Gasteiger partial charge in [-0.25, -0.2) is 9.36 Å². The maximum absolute atomic E-state index is 13.4. The maximum Gasteiger partial charge on any atom is 0.333 e. The van der Waals surface area contributed by atoms with Crippen LogP contribution in [0.3, 0.4) is 0 Å². The largest absolute Gasteiger partial charge is 0.480 e. The molecule has 2 rings (SSSR count). The van der Waals surface area contributed by atoms with Gasteiger partial charge >= 0.3 is 11.7 Å². The Bertz CT molecular complexity index is 585. The first-order valence-electron chi connectivity index (χ1n) is 5.35. The first-order valence-corrected chi connectivity index (χ1v) is 5.35. The highest BCUT2D eigenvalue weighted by Gasteiger charge is 2.22. The van der Waals surface area contributed by atoms with Gasteiger partial charge in [0.15, 0.2) is 0 Å². The minimum absolute atomic E-state index is 0.347. The van der Waals surface area contributed by atoms with E-state index in [9.17, 15) is 18.8 Å². The van der Waals surface area contributed by atoms with E-state index in [4.69, 9.17) is 9.84 Å². The van der Waals surface area contributed by atoms with E-state index in [-0.39, 0.29) is 0 Å². The molecule has 0 unspecified atom stereocenters. The first-order chi connectivity index (χ1) is 8.50. The van der Waals surface area contributed by atoms with Crippen LogP contribution in [-0.2, 0) is 16.1 Å².